The molecule has 0 amide bonds. The molecule has 92 valence electrons. The lowest BCUT2D eigenvalue weighted by Crippen LogP contribution is -2.12. The van der Waals surface area contributed by atoms with Gasteiger partial charge in [-0.3, -0.25) is 4.79 Å². The van der Waals surface area contributed by atoms with Gasteiger partial charge in [0.05, 0.1) is 5.69 Å². The number of rotatable bonds is 3. The third-order valence-corrected chi connectivity index (χ3v) is 3.27. The fourth-order valence-electron chi connectivity index (χ4n) is 1.60. The maximum absolute atomic E-state index is 11.5. The van der Waals surface area contributed by atoms with Crippen molar-refractivity contribution in [1.29, 1.82) is 5.26 Å². The molecule has 2 aromatic rings. The van der Waals surface area contributed by atoms with Gasteiger partial charge < -0.3 is 10.3 Å². The van der Waals surface area contributed by atoms with Crippen molar-refractivity contribution in [1.82, 2.24) is 9.97 Å². The summed E-state index contributed by atoms with van der Waals surface area (Å²) in [7, 11) is 0. The highest BCUT2D eigenvalue weighted by atomic mass is 32.1. The molecule has 0 spiro atoms. The Morgan fingerprint density at radius 2 is 2.39 bits per heavy atom. The second-order valence-corrected chi connectivity index (χ2v) is 4.59. The topological polar surface area (TPSA) is 81.6 Å². The number of thiazole rings is 1. The fraction of sp³-hybridized carbons (Fsp3) is 0.250. The number of hydrogen-bond donors (Lipinski definition) is 2. The van der Waals surface area contributed by atoms with Crippen LogP contribution in [0.2, 0.25) is 0 Å². The van der Waals surface area contributed by atoms with Crippen molar-refractivity contribution in [2.45, 2.75) is 13.8 Å². The standard InChI is InChI=1S/C12H12N4OS/c1-3-14-12-16-10(6-18-12)9-4-8(5-13)11(17)15-7(9)2/h4,6H,3H2,1-2H3,(H,14,16)(H,15,17). The summed E-state index contributed by atoms with van der Waals surface area (Å²) in [6.45, 7) is 4.60. The third kappa shape index (κ3) is 2.26. The molecule has 0 aliphatic rings. The summed E-state index contributed by atoms with van der Waals surface area (Å²) in [6.07, 6.45) is 0. The Morgan fingerprint density at radius 1 is 1.61 bits per heavy atom. The first-order valence-corrected chi connectivity index (χ1v) is 6.37. The molecule has 2 rings (SSSR count). The van der Waals surface area contributed by atoms with Gasteiger partial charge in [-0.15, -0.1) is 11.3 Å². The Bertz CT molecular complexity index is 665. The van der Waals surface area contributed by atoms with E-state index in [2.05, 4.69) is 15.3 Å². The molecule has 0 bridgehead atoms. The normalized spacial score (nSPS) is 10.1. The van der Waals surface area contributed by atoms with Gasteiger partial charge in [-0.2, -0.15) is 5.26 Å². The summed E-state index contributed by atoms with van der Waals surface area (Å²) in [6, 6.07) is 3.46. The predicted molar refractivity (Wildman–Crippen MR) is 71.8 cm³/mol. The van der Waals surface area contributed by atoms with Gasteiger partial charge in [0.15, 0.2) is 5.13 Å². The van der Waals surface area contributed by atoms with Gasteiger partial charge in [0.2, 0.25) is 0 Å². The van der Waals surface area contributed by atoms with E-state index in [1.807, 2.05) is 18.4 Å². The molecule has 0 saturated heterocycles. The second kappa shape index (κ2) is 5.02. The minimum atomic E-state index is -0.360. The van der Waals surface area contributed by atoms with Crippen LogP contribution < -0.4 is 10.9 Å². The average Bonchev–Trinajstić information content (AvgIpc) is 2.78. The SMILES string of the molecule is CCNc1nc(-c2cc(C#N)c(=O)[nH]c2C)cs1. The first kappa shape index (κ1) is 12.3. The maximum Gasteiger partial charge on any atom is 0.266 e. The van der Waals surface area contributed by atoms with Crippen LogP contribution in [0, 0.1) is 18.3 Å². The second-order valence-electron chi connectivity index (χ2n) is 3.73. The number of H-pyrrole nitrogens is 1. The molecule has 0 atom stereocenters. The maximum atomic E-state index is 11.5. The minimum absolute atomic E-state index is 0.105. The van der Waals surface area contributed by atoms with Crippen LogP contribution in [0.25, 0.3) is 11.3 Å². The van der Waals surface area contributed by atoms with E-state index in [9.17, 15) is 4.79 Å². The first-order valence-electron chi connectivity index (χ1n) is 5.49. The third-order valence-electron chi connectivity index (χ3n) is 2.47. The molecule has 0 unspecified atom stereocenters. The molecule has 0 saturated carbocycles. The molecule has 0 radical (unpaired) electrons. The number of pyridine rings is 1. The van der Waals surface area contributed by atoms with Crippen LogP contribution in [0.5, 0.6) is 0 Å². The lowest BCUT2D eigenvalue weighted by Gasteiger charge is -2.02. The zero-order chi connectivity index (χ0) is 13.1. The van der Waals surface area contributed by atoms with Gasteiger partial charge in [0, 0.05) is 23.2 Å². The monoisotopic (exact) mass is 260 g/mol. The number of nitrogens with one attached hydrogen (secondary N) is 2. The van der Waals surface area contributed by atoms with E-state index in [-0.39, 0.29) is 11.1 Å². The van der Waals surface area contributed by atoms with Crippen LogP contribution in [-0.4, -0.2) is 16.5 Å². The van der Waals surface area contributed by atoms with E-state index >= 15 is 0 Å². The highest BCUT2D eigenvalue weighted by Gasteiger charge is 2.10. The highest BCUT2D eigenvalue weighted by Crippen LogP contribution is 2.26. The molecular formula is C12H12N4OS. The molecule has 2 aromatic heterocycles. The van der Waals surface area contributed by atoms with E-state index < -0.39 is 0 Å². The predicted octanol–water partition coefficient (Wildman–Crippen LogP) is 2.11. The van der Waals surface area contributed by atoms with E-state index in [4.69, 9.17) is 5.26 Å². The van der Waals surface area contributed by atoms with Crippen LogP contribution in [0.1, 0.15) is 18.2 Å². The molecule has 0 aliphatic carbocycles. The molecule has 0 aromatic carbocycles. The summed E-state index contributed by atoms with van der Waals surface area (Å²) in [5.74, 6) is 0. The van der Waals surface area contributed by atoms with Crippen molar-refractivity contribution >= 4 is 16.5 Å². The molecule has 2 heterocycles. The number of hydrogen-bond acceptors (Lipinski definition) is 5. The van der Waals surface area contributed by atoms with Gasteiger partial charge in [0.25, 0.3) is 5.56 Å². The van der Waals surface area contributed by atoms with Crippen molar-refractivity contribution in [3.8, 4) is 17.3 Å². The molecule has 0 aliphatic heterocycles. The van der Waals surface area contributed by atoms with Crippen molar-refractivity contribution in [2.24, 2.45) is 0 Å². The van der Waals surface area contributed by atoms with Crippen molar-refractivity contribution in [2.75, 3.05) is 11.9 Å². The lowest BCUT2D eigenvalue weighted by molar-refractivity contribution is 1.12. The Kier molecular flexibility index (Phi) is 3.44. The van der Waals surface area contributed by atoms with Crippen LogP contribution >= 0.6 is 11.3 Å². The molecule has 2 N–H and O–H groups in total. The van der Waals surface area contributed by atoms with Gasteiger partial charge in [-0.1, -0.05) is 0 Å². The number of nitrogens with zero attached hydrogens (tertiary/aromatic N) is 2. The largest absolute Gasteiger partial charge is 0.362 e. The Balaban J connectivity index is 2.50. The summed E-state index contributed by atoms with van der Waals surface area (Å²) in [5.41, 5.74) is 2.01. The van der Waals surface area contributed by atoms with Crippen molar-refractivity contribution in [3.05, 3.63) is 33.1 Å². The fourth-order valence-corrected chi connectivity index (χ4v) is 2.38. The molecule has 18 heavy (non-hydrogen) atoms. The van der Waals surface area contributed by atoms with Gasteiger partial charge in [-0.05, 0) is 19.9 Å². The van der Waals surface area contributed by atoms with Crippen LogP contribution in [0.3, 0.4) is 0 Å². The van der Waals surface area contributed by atoms with Crippen LogP contribution in [0.15, 0.2) is 16.2 Å². The number of nitriles is 1. The quantitative estimate of drug-likeness (QED) is 0.885. The lowest BCUT2D eigenvalue weighted by atomic mass is 10.1. The highest BCUT2D eigenvalue weighted by molar-refractivity contribution is 7.14. The first-order chi connectivity index (χ1) is 8.65. The number of aromatic nitrogens is 2. The van der Waals surface area contributed by atoms with Gasteiger partial charge >= 0.3 is 0 Å². The molecule has 5 nitrogen and oxygen atoms in total. The van der Waals surface area contributed by atoms with E-state index in [1.54, 1.807) is 13.0 Å². The number of aromatic amines is 1. The summed E-state index contributed by atoms with van der Waals surface area (Å²) < 4.78 is 0. The van der Waals surface area contributed by atoms with E-state index in [0.717, 1.165) is 22.9 Å². The number of aryl methyl sites for hydroxylation is 1. The average molecular weight is 260 g/mol. The molecule has 6 heteroatoms. The van der Waals surface area contributed by atoms with Crippen molar-refractivity contribution < 1.29 is 0 Å². The zero-order valence-electron chi connectivity index (χ0n) is 10.1. The molecule has 0 fully saturated rings. The number of anilines is 1. The van der Waals surface area contributed by atoms with Crippen LogP contribution in [0.4, 0.5) is 5.13 Å². The van der Waals surface area contributed by atoms with E-state index in [0.29, 0.717) is 5.69 Å². The molecular weight excluding hydrogens is 248 g/mol. The smallest absolute Gasteiger partial charge is 0.266 e. The van der Waals surface area contributed by atoms with Crippen molar-refractivity contribution in [3.63, 3.8) is 0 Å². The summed E-state index contributed by atoms with van der Waals surface area (Å²) >= 11 is 1.50. The minimum Gasteiger partial charge on any atom is -0.362 e. The Labute approximate surface area is 108 Å². The van der Waals surface area contributed by atoms with Gasteiger partial charge in [0.1, 0.15) is 11.6 Å². The summed E-state index contributed by atoms with van der Waals surface area (Å²) in [5, 5.41) is 14.7. The Morgan fingerprint density at radius 3 is 3.06 bits per heavy atom. The Hall–Kier alpha value is -2.13. The van der Waals surface area contributed by atoms with Gasteiger partial charge in [-0.25, -0.2) is 4.98 Å². The van der Waals surface area contributed by atoms with E-state index in [1.165, 1.54) is 11.3 Å². The summed E-state index contributed by atoms with van der Waals surface area (Å²) in [4.78, 5) is 18.5. The zero-order valence-corrected chi connectivity index (χ0v) is 10.9. The van der Waals surface area contributed by atoms with Crippen LogP contribution in [-0.2, 0) is 0 Å².